The number of hydrogen-bond donors (Lipinski definition) is 2. The van der Waals surface area contributed by atoms with Crippen LogP contribution in [0, 0.1) is 6.92 Å². The van der Waals surface area contributed by atoms with Crippen LogP contribution in [0.1, 0.15) is 35.4 Å². The first-order valence-electron chi connectivity index (χ1n) is 10.3. The first-order chi connectivity index (χ1) is 15.0. The summed E-state index contributed by atoms with van der Waals surface area (Å²) >= 11 is 5.74. The number of thiocarbonyl (C=S) groups is 1. The third kappa shape index (κ3) is 4.86. The van der Waals surface area contributed by atoms with Crippen molar-refractivity contribution < 1.29 is 4.42 Å². The summed E-state index contributed by atoms with van der Waals surface area (Å²) in [6.45, 7) is 4.89. The number of aromatic amines is 1. The molecular formula is C25H25N3O2S. The molecular weight excluding hydrogens is 406 g/mol. The van der Waals surface area contributed by atoms with Crippen LogP contribution in [0.3, 0.4) is 0 Å². The van der Waals surface area contributed by atoms with Crippen molar-refractivity contribution in [3.63, 3.8) is 0 Å². The van der Waals surface area contributed by atoms with Crippen LogP contribution in [0.2, 0.25) is 0 Å². The molecule has 0 aliphatic rings. The molecule has 0 fully saturated rings. The second-order valence-electron chi connectivity index (χ2n) is 7.68. The average molecular weight is 432 g/mol. The summed E-state index contributed by atoms with van der Waals surface area (Å²) in [6.07, 6.45) is 1.64. The number of pyridine rings is 1. The van der Waals surface area contributed by atoms with E-state index < -0.39 is 0 Å². The first-order valence-corrected chi connectivity index (χ1v) is 10.7. The van der Waals surface area contributed by atoms with E-state index in [2.05, 4.69) is 29.4 Å². The lowest BCUT2D eigenvalue weighted by Gasteiger charge is -2.27. The molecule has 6 heteroatoms. The normalized spacial score (nSPS) is 11.9. The number of fused-ring (bicyclic) bond motifs is 1. The van der Waals surface area contributed by atoms with Gasteiger partial charge >= 0.3 is 0 Å². The topological polar surface area (TPSA) is 61.3 Å². The lowest BCUT2D eigenvalue weighted by molar-refractivity contribution is 0.347. The van der Waals surface area contributed by atoms with Gasteiger partial charge in [0.1, 0.15) is 5.76 Å². The zero-order chi connectivity index (χ0) is 21.8. The second-order valence-corrected chi connectivity index (χ2v) is 8.07. The van der Waals surface area contributed by atoms with Crippen molar-refractivity contribution in [2.24, 2.45) is 0 Å². The Morgan fingerprint density at radius 3 is 2.65 bits per heavy atom. The summed E-state index contributed by atoms with van der Waals surface area (Å²) < 4.78 is 5.54. The van der Waals surface area contributed by atoms with Crippen LogP contribution in [0.15, 0.2) is 82.2 Å². The van der Waals surface area contributed by atoms with Gasteiger partial charge in [-0.25, -0.2) is 0 Å². The maximum Gasteiger partial charge on any atom is 0.253 e. The monoisotopic (exact) mass is 431 g/mol. The van der Waals surface area contributed by atoms with Crippen LogP contribution in [0.4, 0.5) is 0 Å². The number of furan rings is 1. The van der Waals surface area contributed by atoms with Gasteiger partial charge in [0.25, 0.3) is 5.56 Å². The molecule has 0 amide bonds. The minimum Gasteiger partial charge on any atom is -0.467 e. The van der Waals surface area contributed by atoms with Gasteiger partial charge in [0.05, 0.1) is 30.9 Å². The summed E-state index contributed by atoms with van der Waals surface area (Å²) in [6, 6.07) is 21.9. The van der Waals surface area contributed by atoms with Gasteiger partial charge in [0, 0.05) is 5.56 Å². The Bertz CT molecular complexity index is 1230. The molecule has 0 bridgehead atoms. The number of hydrogen-bond acceptors (Lipinski definition) is 3. The second kappa shape index (κ2) is 9.18. The zero-order valence-electron chi connectivity index (χ0n) is 17.6. The minimum absolute atomic E-state index is 0.0327. The molecule has 4 aromatic rings. The quantitative estimate of drug-likeness (QED) is 0.418. The standard InChI is InChI=1S/C25H25N3O2S/c1-17-8-6-11-20-14-21(24(29)27-23(17)20)15-28(16-22-12-7-13-30-22)25(31)26-18(2)19-9-4-3-5-10-19/h3-14,18H,15-16H2,1-2H3,(H,26,31)(H,27,29). The fourth-order valence-corrected chi connectivity index (χ4v) is 3.95. The van der Waals surface area contributed by atoms with E-state index >= 15 is 0 Å². The number of rotatable bonds is 6. The van der Waals surface area contributed by atoms with Crippen molar-refractivity contribution in [1.82, 2.24) is 15.2 Å². The van der Waals surface area contributed by atoms with Crippen molar-refractivity contribution in [2.75, 3.05) is 0 Å². The molecule has 2 aromatic heterocycles. The molecule has 0 aliphatic heterocycles. The lowest BCUT2D eigenvalue weighted by atomic mass is 10.1. The number of nitrogens with zero attached hydrogens (tertiary/aromatic N) is 1. The summed E-state index contributed by atoms with van der Waals surface area (Å²) in [4.78, 5) is 17.8. The SMILES string of the molecule is Cc1cccc2cc(CN(Cc3ccco3)C(=S)NC(C)c3ccccc3)c(=O)[nH]c12. The van der Waals surface area contributed by atoms with Crippen LogP contribution in [-0.2, 0) is 13.1 Å². The third-order valence-corrected chi connectivity index (χ3v) is 5.76. The van der Waals surface area contributed by atoms with Crippen molar-refractivity contribution in [2.45, 2.75) is 33.0 Å². The smallest absolute Gasteiger partial charge is 0.253 e. The van der Waals surface area contributed by atoms with Crippen molar-refractivity contribution in [3.8, 4) is 0 Å². The van der Waals surface area contributed by atoms with Gasteiger partial charge in [-0.15, -0.1) is 0 Å². The van der Waals surface area contributed by atoms with Crippen molar-refractivity contribution in [3.05, 3.63) is 106 Å². The molecule has 0 spiro atoms. The van der Waals surface area contributed by atoms with Gasteiger partial charge in [-0.05, 0) is 60.8 Å². The van der Waals surface area contributed by atoms with Gasteiger partial charge in [-0.1, -0.05) is 48.5 Å². The molecule has 0 saturated heterocycles. The summed E-state index contributed by atoms with van der Waals surface area (Å²) in [7, 11) is 0. The Morgan fingerprint density at radius 1 is 1.10 bits per heavy atom. The zero-order valence-corrected chi connectivity index (χ0v) is 18.4. The van der Waals surface area contributed by atoms with E-state index in [1.807, 2.05) is 66.4 Å². The fraction of sp³-hybridized carbons (Fsp3) is 0.200. The Kier molecular flexibility index (Phi) is 6.18. The number of nitrogens with one attached hydrogen (secondary N) is 2. The number of aryl methyl sites for hydroxylation is 1. The summed E-state index contributed by atoms with van der Waals surface area (Å²) in [5.41, 5.74) is 3.60. The van der Waals surface area contributed by atoms with Gasteiger partial charge in [0.15, 0.2) is 5.11 Å². The molecule has 31 heavy (non-hydrogen) atoms. The molecule has 0 radical (unpaired) electrons. The number of aromatic nitrogens is 1. The minimum atomic E-state index is -0.106. The Hall–Kier alpha value is -3.38. The fourth-order valence-electron chi connectivity index (χ4n) is 3.64. The van der Waals surface area contributed by atoms with Gasteiger partial charge in [0.2, 0.25) is 0 Å². The molecule has 4 rings (SSSR count). The average Bonchev–Trinajstić information content (AvgIpc) is 3.28. The highest BCUT2D eigenvalue weighted by atomic mass is 32.1. The van der Waals surface area contributed by atoms with Crippen LogP contribution >= 0.6 is 12.2 Å². The van der Waals surface area contributed by atoms with E-state index in [9.17, 15) is 4.79 Å². The van der Waals surface area contributed by atoms with E-state index in [0.29, 0.717) is 23.8 Å². The van der Waals surface area contributed by atoms with Gasteiger partial charge in [-0.2, -0.15) is 0 Å². The molecule has 158 valence electrons. The first kappa shape index (κ1) is 20.9. The highest BCUT2D eigenvalue weighted by molar-refractivity contribution is 7.80. The van der Waals surface area contributed by atoms with Gasteiger partial charge < -0.3 is 19.6 Å². The molecule has 1 atom stereocenters. The van der Waals surface area contributed by atoms with Gasteiger partial charge in [-0.3, -0.25) is 4.79 Å². The molecule has 0 saturated carbocycles. The molecule has 0 aliphatic carbocycles. The van der Waals surface area contributed by atoms with E-state index in [4.69, 9.17) is 16.6 Å². The maximum atomic E-state index is 12.8. The van der Waals surface area contributed by atoms with E-state index in [1.165, 1.54) is 0 Å². The highest BCUT2D eigenvalue weighted by Gasteiger charge is 2.17. The predicted octanol–water partition coefficient (Wildman–Crippen LogP) is 5.07. The van der Waals surface area contributed by atoms with E-state index in [0.717, 1.165) is 27.8 Å². The number of H-pyrrole nitrogens is 1. The van der Waals surface area contributed by atoms with Crippen LogP contribution in [0.5, 0.6) is 0 Å². The van der Waals surface area contributed by atoms with Crippen molar-refractivity contribution >= 4 is 28.2 Å². The molecule has 1 unspecified atom stereocenters. The Balaban J connectivity index is 1.61. The lowest BCUT2D eigenvalue weighted by Crippen LogP contribution is -2.41. The van der Waals surface area contributed by atoms with Crippen LogP contribution in [-0.4, -0.2) is 15.0 Å². The Labute approximate surface area is 186 Å². The maximum absolute atomic E-state index is 12.8. The summed E-state index contributed by atoms with van der Waals surface area (Å²) in [5, 5.41) is 4.97. The molecule has 2 N–H and O–H groups in total. The number of para-hydroxylation sites is 1. The molecule has 2 heterocycles. The predicted molar refractivity (Wildman–Crippen MR) is 128 cm³/mol. The molecule has 2 aromatic carbocycles. The summed E-state index contributed by atoms with van der Waals surface area (Å²) in [5.74, 6) is 0.782. The van der Waals surface area contributed by atoms with Crippen LogP contribution in [0.25, 0.3) is 10.9 Å². The molecule has 5 nitrogen and oxygen atoms in total. The van der Waals surface area contributed by atoms with Crippen LogP contribution < -0.4 is 10.9 Å². The van der Waals surface area contributed by atoms with Crippen molar-refractivity contribution in [1.29, 1.82) is 0 Å². The highest BCUT2D eigenvalue weighted by Crippen LogP contribution is 2.18. The Morgan fingerprint density at radius 2 is 1.90 bits per heavy atom. The number of benzene rings is 2. The largest absolute Gasteiger partial charge is 0.467 e. The van der Waals surface area contributed by atoms with E-state index in [-0.39, 0.29) is 11.6 Å². The third-order valence-electron chi connectivity index (χ3n) is 5.38. The van der Waals surface area contributed by atoms with E-state index in [1.54, 1.807) is 6.26 Å².